The number of hydrogen-bond acceptors (Lipinski definition) is 6. The molecule has 0 unspecified atom stereocenters. The first-order valence-electron chi connectivity index (χ1n) is 12.0. The fourth-order valence-corrected chi connectivity index (χ4v) is 5.81. The predicted octanol–water partition coefficient (Wildman–Crippen LogP) is 4.12. The van der Waals surface area contributed by atoms with Crippen LogP contribution in [0.3, 0.4) is 0 Å². The average molecular weight is 593 g/mol. The van der Waals surface area contributed by atoms with Crippen molar-refractivity contribution in [2.24, 2.45) is 0 Å². The van der Waals surface area contributed by atoms with Gasteiger partial charge in [-0.15, -0.1) is 0 Å². The van der Waals surface area contributed by atoms with E-state index >= 15 is 0 Å². The Hall–Kier alpha value is -3.47. The Morgan fingerprint density at radius 1 is 0.949 bits per heavy atom. The Morgan fingerprint density at radius 3 is 2.31 bits per heavy atom. The van der Waals surface area contributed by atoms with Crippen LogP contribution in [0, 0.1) is 0 Å². The van der Waals surface area contributed by atoms with Gasteiger partial charge in [0.15, 0.2) is 11.5 Å². The summed E-state index contributed by atoms with van der Waals surface area (Å²) >= 11 is 12.2. The Balaban J connectivity index is 1.74. The lowest BCUT2D eigenvalue weighted by atomic mass is 10.1. The highest BCUT2D eigenvalue weighted by molar-refractivity contribution is 7.92. The predicted molar refractivity (Wildman–Crippen MR) is 149 cm³/mol. The van der Waals surface area contributed by atoms with E-state index < -0.39 is 34.4 Å². The second kappa shape index (κ2) is 12.1. The standard InChI is InChI=1S/C27H27Cl2N3O6S/c1-18(27(34)30-2)31(16-19-8-10-22(28)23(29)14-19)26(33)17-32(39(35,36)21-6-4-3-5-7-21)20-9-11-24-25(15-20)38-13-12-37-24/h3-11,14-15,18H,12-13,16-17H2,1-2H3,(H,30,34)/t18-/m1/s1. The molecule has 0 saturated heterocycles. The Kier molecular flexibility index (Phi) is 8.89. The van der Waals surface area contributed by atoms with Crippen molar-refractivity contribution in [3.8, 4) is 11.5 Å². The highest BCUT2D eigenvalue weighted by Gasteiger charge is 2.33. The number of nitrogens with one attached hydrogen (secondary N) is 1. The molecule has 1 N–H and O–H groups in total. The number of halogens is 2. The van der Waals surface area contributed by atoms with Gasteiger partial charge in [0.05, 0.1) is 20.6 Å². The van der Waals surface area contributed by atoms with Crippen LogP contribution in [-0.4, -0.2) is 58.0 Å². The third-order valence-electron chi connectivity index (χ3n) is 6.17. The van der Waals surface area contributed by atoms with Gasteiger partial charge < -0.3 is 19.7 Å². The second-order valence-electron chi connectivity index (χ2n) is 8.71. The van der Waals surface area contributed by atoms with Crippen LogP contribution in [0.5, 0.6) is 11.5 Å². The van der Waals surface area contributed by atoms with Crippen molar-refractivity contribution in [1.29, 1.82) is 0 Å². The summed E-state index contributed by atoms with van der Waals surface area (Å²) in [6, 6.07) is 16.4. The van der Waals surface area contributed by atoms with Gasteiger partial charge in [0.25, 0.3) is 10.0 Å². The minimum absolute atomic E-state index is 0.00284. The van der Waals surface area contributed by atoms with E-state index in [4.69, 9.17) is 32.7 Å². The van der Waals surface area contributed by atoms with Crippen LogP contribution in [0.15, 0.2) is 71.6 Å². The number of likely N-dealkylation sites (N-methyl/N-ethyl adjacent to an activating group) is 1. The van der Waals surface area contributed by atoms with Crippen LogP contribution < -0.4 is 19.1 Å². The topological polar surface area (TPSA) is 105 Å². The number of anilines is 1. The molecule has 206 valence electrons. The summed E-state index contributed by atoms with van der Waals surface area (Å²) in [6.07, 6.45) is 0. The fraction of sp³-hybridized carbons (Fsp3) is 0.259. The molecule has 0 aliphatic carbocycles. The monoisotopic (exact) mass is 591 g/mol. The molecule has 4 rings (SSSR count). The number of amides is 2. The van der Waals surface area contributed by atoms with Crippen LogP contribution in [0.2, 0.25) is 10.0 Å². The molecular formula is C27H27Cl2N3O6S. The maximum Gasteiger partial charge on any atom is 0.264 e. The van der Waals surface area contributed by atoms with Gasteiger partial charge in [-0.3, -0.25) is 13.9 Å². The molecule has 1 aliphatic rings. The molecule has 12 heteroatoms. The van der Waals surface area contributed by atoms with Crippen molar-refractivity contribution in [1.82, 2.24) is 10.2 Å². The van der Waals surface area contributed by atoms with Crippen molar-refractivity contribution in [2.45, 2.75) is 24.4 Å². The van der Waals surface area contributed by atoms with E-state index in [9.17, 15) is 18.0 Å². The molecule has 3 aromatic rings. The molecule has 39 heavy (non-hydrogen) atoms. The highest BCUT2D eigenvalue weighted by atomic mass is 35.5. The molecule has 0 radical (unpaired) electrons. The Labute approximate surface area is 237 Å². The van der Waals surface area contributed by atoms with Gasteiger partial charge in [-0.05, 0) is 48.9 Å². The summed E-state index contributed by atoms with van der Waals surface area (Å²) in [4.78, 5) is 27.7. The minimum Gasteiger partial charge on any atom is -0.486 e. The van der Waals surface area contributed by atoms with E-state index in [1.54, 1.807) is 55.5 Å². The van der Waals surface area contributed by atoms with Gasteiger partial charge in [0.2, 0.25) is 11.8 Å². The Morgan fingerprint density at radius 2 is 1.64 bits per heavy atom. The maximum absolute atomic E-state index is 13.8. The van der Waals surface area contributed by atoms with Crippen molar-refractivity contribution in [3.63, 3.8) is 0 Å². The quantitative estimate of drug-likeness (QED) is 0.401. The van der Waals surface area contributed by atoms with E-state index in [-0.39, 0.29) is 17.1 Å². The summed E-state index contributed by atoms with van der Waals surface area (Å²) in [6.45, 7) is 1.65. The lowest BCUT2D eigenvalue weighted by molar-refractivity contribution is -0.139. The van der Waals surface area contributed by atoms with Crippen molar-refractivity contribution in [3.05, 3.63) is 82.3 Å². The van der Waals surface area contributed by atoms with Crippen LogP contribution in [-0.2, 0) is 26.2 Å². The normalized spacial score (nSPS) is 13.3. The number of sulfonamides is 1. The second-order valence-corrected chi connectivity index (χ2v) is 11.4. The van der Waals surface area contributed by atoms with E-state index in [0.29, 0.717) is 40.3 Å². The molecule has 3 aromatic carbocycles. The largest absolute Gasteiger partial charge is 0.486 e. The van der Waals surface area contributed by atoms with Gasteiger partial charge in [-0.2, -0.15) is 0 Å². The summed E-state index contributed by atoms with van der Waals surface area (Å²) in [5.41, 5.74) is 0.823. The van der Waals surface area contributed by atoms with Crippen molar-refractivity contribution >= 4 is 50.7 Å². The number of rotatable bonds is 9. The van der Waals surface area contributed by atoms with Crippen molar-refractivity contribution < 1.29 is 27.5 Å². The summed E-state index contributed by atoms with van der Waals surface area (Å²) in [7, 11) is -2.74. The first-order chi connectivity index (χ1) is 18.6. The molecule has 1 heterocycles. The number of hydrogen-bond donors (Lipinski definition) is 1. The van der Waals surface area contributed by atoms with Crippen LogP contribution in [0.1, 0.15) is 12.5 Å². The average Bonchev–Trinajstić information content (AvgIpc) is 2.95. The summed E-state index contributed by atoms with van der Waals surface area (Å²) in [5, 5.41) is 3.17. The molecule has 0 spiro atoms. The molecular weight excluding hydrogens is 565 g/mol. The number of carbonyl (C=O) groups excluding carboxylic acids is 2. The molecule has 1 atom stereocenters. The zero-order chi connectivity index (χ0) is 28.2. The van der Waals surface area contributed by atoms with Gasteiger partial charge in [0, 0.05) is 19.7 Å². The van der Waals surface area contributed by atoms with Crippen LogP contribution >= 0.6 is 23.2 Å². The first-order valence-corrected chi connectivity index (χ1v) is 14.2. The van der Waals surface area contributed by atoms with Crippen molar-refractivity contribution in [2.75, 3.05) is 31.1 Å². The number of benzene rings is 3. The maximum atomic E-state index is 13.8. The number of fused-ring (bicyclic) bond motifs is 1. The lowest BCUT2D eigenvalue weighted by Gasteiger charge is -2.32. The molecule has 2 amide bonds. The number of ether oxygens (including phenoxy) is 2. The van der Waals surface area contributed by atoms with E-state index in [0.717, 1.165) is 4.31 Å². The highest BCUT2D eigenvalue weighted by Crippen LogP contribution is 2.36. The third kappa shape index (κ3) is 6.41. The van der Waals surface area contributed by atoms with E-state index in [1.165, 1.54) is 30.1 Å². The van der Waals surface area contributed by atoms with Crippen LogP contribution in [0.25, 0.3) is 0 Å². The van der Waals surface area contributed by atoms with E-state index in [1.807, 2.05) is 0 Å². The molecule has 0 aromatic heterocycles. The van der Waals surface area contributed by atoms with E-state index in [2.05, 4.69) is 5.32 Å². The smallest absolute Gasteiger partial charge is 0.264 e. The number of nitrogens with zero attached hydrogens (tertiary/aromatic N) is 2. The van der Waals surface area contributed by atoms with Gasteiger partial charge >= 0.3 is 0 Å². The SMILES string of the molecule is CNC(=O)[C@@H](C)N(Cc1ccc(Cl)c(Cl)c1)C(=O)CN(c1ccc2c(c1)OCCO2)S(=O)(=O)c1ccccc1. The zero-order valence-electron chi connectivity index (χ0n) is 21.3. The third-order valence-corrected chi connectivity index (χ3v) is 8.70. The fourth-order valence-electron chi connectivity index (χ4n) is 4.06. The molecule has 1 aliphatic heterocycles. The molecule has 9 nitrogen and oxygen atoms in total. The number of carbonyl (C=O) groups is 2. The lowest BCUT2D eigenvalue weighted by Crippen LogP contribution is -2.50. The van der Waals surface area contributed by atoms with Gasteiger partial charge in [0.1, 0.15) is 25.8 Å². The molecule has 0 fully saturated rings. The Bertz CT molecular complexity index is 1470. The van der Waals surface area contributed by atoms with Gasteiger partial charge in [-0.1, -0.05) is 47.5 Å². The zero-order valence-corrected chi connectivity index (χ0v) is 23.6. The van der Waals surface area contributed by atoms with Crippen LogP contribution in [0.4, 0.5) is 5.69 Å². The minimum atomic E-state index is -4.20. The summed E-state index contributed by atoms with van der Waals surface area (Å²) < 4.78 is 39.9. The summed E-state index contributed by atoms with van der Waals surface area (Å²) in [5.74, 6) is -0.180. The molecule has 0 bridgehead atoms. The van der Waals surface area contributed by atoms with Gasteiger partial charge in [-0.25, -0.2) is 8.42 Å². The molecule has 0 saturated carbocycles. The first kappa shape index (κ1) is 28.5.